The van der Waals surface area contributed by atoms with Crippen molar-refractivity contribution in [3.63, 3.8) is 0 Å². The molecule has 1 aromatic rings. The first-order valence-corrected chi connectivity index (χ1v) is 12.5. The topological polar surface area (TPSA) is 53.1 Å². The molecule has 3 fully saturated rings. The Morgan fingerprint density at radius 3 is 2.53 bits per heavy atom. The zero-order valence-corrected chi connectivity index (χ0v) is 19.6. The highest BCUT2D eigenvalue weighted by Gasteiger charge is 2.49. The highest BCUT2D eigenvalue weighted by atomic mass is 16.5. The molecule has 176 valence electrons. The van der Waals surface area contributed by atoms with Gasteiger partial charge >= 0.3 is 0 Å². The number of ether oxygens (including phenoxy) is 1. The molecule has 3 saturated heterocycles. The average Bonchev–Trinajstić information content (AvgIpc) is 3.08. The fourth-order valence-corrected chi connectivity index (χ4v) is 5.85. The minimum absolute atomic E-state index is 0.0580. The molecule has 3 heterocycles. The SMILES string of the molecule is CCO[C@@H]1CN(Cc2ccccc2)C(=O)[C@@]2(CCCN(CC(=O)N3CCCCCC3)C2)C1. The van der Waals surface area contributed by atoms with Crippen molar-refractivity contribution < 1.29 is 14.3 Å². The van der Waals surface area contributed by atoms with Crippen LogP contribution in [0.1, 0.15) is 57.4 Å². The van der Waals surface area contributed by atoms with Gasteiger partial charge in [0.2, 0.25) is 11.8 Å². The van der Waals surface area contributed by atoms with E-state index in [1.54, 1.807) is 0 Å². The van der Waals surface area contributed by atoms with Crippen LogP contribution in [0.4, 0.5) is 0 Å². The van der Waals surface area contributed by atoms with Crippen molar-refractivity contribution >= 4 is 11.8 Å². The van der Waals surface area contributed by atoms with Crippen molar-refractivity contribution in [2.24, 2.45) is 5.41 Å². The number of rotatable bonds is 6. The quantitative estimate of drug-likeness (QED) is 0.680. The Hall–Kier alpha value is -1.92. The van der Waals surface area contributed by atoms with Crippen LogP contribution in [0.2, 0.25) is 0 Å². The van der Waals surface area contributed by atoms with Gasteiger partial charge in [-0.2, -0.15) is 0 Å². The summed E-state index contributed by atoms with van der Waals surface area (Å²) in [5, 5.41) is 0. The molecule has 2 amide bonds. The van der Waals surface area contributed by atoms with Gasteiger partial charge in [-0.05, 0) is 51.1 Å². The van der Waals surface area contributed by atoms with E-state index < -0.39 is 5.41 Å². The standard InChI is InChI=1S/C26H39N3O3/c1-2-32-23-17-26(25(31)29(19-23)18-22-11-6-5-7-12-22)13-10-14-27(21-26)20-24(30)28-15-8-3-4-9-16-28/h5-7,11-12,23H,2-4,8-10,13-21H2,1H3/t23-,26-/m0/s1. The molecule has 1 aromatic carbocycles. The first-order chi connectivity index (χ1) is 15.6. The van der Waals surface area contributed by atoms with Crippen LogP contribution in [-0.2, 0) is 20.9 Å². The molecule has 32 heavy (non-hydrogen) atoms. The Kier molecular flexibility index (Phi) is 7.84. The zero-order valence-electron chi connectivity index (χ0n) is 19.6. The van der Waals surface area contributed by atoms with E-state index >= 15 is 0 Å². The number of hydrogen-bond acceptors (Lipinski definition) is 4. The second-order valence-electron chi connectivity index (χ2n) is 9.84. The second-order valence-corrected chi connectivity index (χ2v) is 9.84. The van der Waals surface area contributed by atoms with Crippen LogP contribution in [0.5, 0.6) is 0 Å². The summed E-state index contributed by atoms with van der Waals surface area (Å²) in [6, 6.07) is 10.2. The minimum Gasteiger partial charge on any atom is -0.377 e. The molecule has 0 unspecified atom stereocenters. The van der Waals surface area contributed by atoms with E-state index in [-0.39, 0.29) is 17.9 Å². The third-order valence-corrected chi connectivity index (χ3v) is 7.38. The van der Waals surface area contributed by atoms with E-state index in [0.717, 1.165) is 57.3 Å². The van der Waals surface area contributed by atoms with Crippen molar-refractivity contribution in [2.75, 3.05) is 45.9 Å². The maximum atomic E-state index is 13.8. The first-order valence-electron chi connectivity index (χ1n) is 12.5. The fraction of sp³-hybridized carbons (Fsp3) is 0.692. The monoisotopic (exact) mass is 441 g/mol. The van der Waals surface area contributed by atoms with Gasteiger partial charge in [0.05, 0.1) is 18.1 Å². The molecule has 0 bridgehead atoms. The molecule has 3 aliphatic rings. The molecule has 1 spiro atoms. The number of carbonyl (C=O) groups is 2. The normalized spacial score (nSPS) is 27.5. The number of benzene rings is 1. The fourth-order valence-electron chi connectivity index (χ4n) is 5.85. The summed E-state index contributed by atoms with van der Waals surface area (Å²) < 4.78 is 6.06. The number of hydrogen-bond donors (Lipinski definition) is 0. The molecule has 3 aliphatic heterocycles. The smallest absolute Gasteiger partial charge is 0.236 e. The van der Waals surface area contributed by atoms with Gasteiger partial charge in [-0.1, -0.05) is 43.2 Å². The zero-order chi connectivity index (χ0) is 22.4. The molecule has 4 rings (SSSR count). The summed E-state index contributed by atoms with van der Waals surface area (Å²) in [6.45, 7) is 7.72. The number of amides is 2. The van der Waals surface area contributed by atoms with E-state index in [0.29, 0.717) is 32.8 Å². The van der Waals surface area contributed by atoms with Crippen molar-refractivity contribution in [1.29, 1.82) is 0 Å². The lowest BCUT2D eigenvalue weighted by Crippen LogP contribution is -2.60. The van der Waals surface area contributed by atoms with E-state index in [2.05, 4.69) is 17.0 Å². The number of likely N-dealkylation sites (tertiary alicyclic amines) is 3. The highest BCUT2D eigenvalue weighted by Crippen LogP contribution is 2.41. The predicted molar refractivity (Wildman–Crippen MR) is 125 cm³/mol. The molecule has 0 saturated carbocycles. The highest BCUT2D eigenvalue weighted by molar-refractivity contribution is 5.84. The minimum atomic E-state index is -0.440. The Labute approximate surface area is 192 Å². The van der Waals surface area contributed by atoms with Gasteiger partial charge in [-0.15, -0.1) is 0 Å². The molecule has 0 radical (unpaired) electrons. The Morgan fingerprint density at radius 1 is 1.06 bits per heavy atom. The lowest BCUT2D eigenvalue weighted by molar-refractivity contribution is -0.161. The van der Waals surface area contributed by atoms with Crippen molar-refractivity contribution in [3.05, 3.63) is 35.9 Å². The first kappa shape index (κ1) is 23.2. The lowest BCUT2D eigenvalue weighted by Gasteiger charge is -2.49. The summed E-state index contributed by atoms with van der Waals surface area (Å²) in [5.74, 6) is 0.471. The molecule has 0 aromatic heterocycles. The molecule has 0 N–H and O–H groups in total. The maximum absolute atomic E-state index is 13.8. The van der Waals surface area contributed by atoms with Crippen LogP contribution >= 0.6 is 0 Å². The van der Waals surface area contributed by atoms with Gasteiger partial charge in [0.15, 0.2) is 0 Å². The summed E-state index contributed by atoms with van der Waals surface area (Å²) >= 11 is 0. The molecule has 6 nitrogen and oxygen atoms in total. The van der Waals surface area contributed by atoms with Crippen molar-refractivity contribution in [3.8, 4) is 0 Å². The van der Waals surface area contributed by atoms with Crippen molar-refractivity contribution in [2.45, 2.75) is 64.5 Å². The van der Waals surface area contributed by atoms with Gasteiger partial charge in [-0.25, -0.2) is 0 Å². The molecule has 0 aliphatic carbocycles. The molecular formula is C26H39N3O3. The van der Waals surface area contributed by atoms with Crippen LogP contribution < -0.4 is 0 Å². The summed E-state index contributed by atoms with van der Waals surface area (Å²) in [7, 11) is 0. The van der Waals surface area contributed by atoms with Gasteiger partial charge in [-0.3, -0.25) is 14.5 Å². The number of nitrogens with zero attached hydrogens (tertiary/aromatic N) is 3. The number of carbonyl (C=O) groups excluding carboxylic acids is 2. The van der Waals surface area contributed by atoms with E-state index in [1.807, 2.05) is 34.9 Å². The van der Waals surface area contributed by atoms with Crippen LogP contribution in [0.3, 0.4) is 0 Å². The molecule has 6 heteroatoms. The van der Waals surface area contributed by atoms with Gasteiger partial charge in [0.1, 0.15) is 0 Å². The average molecular weight is 442 g/mol. The lowest BCUT2D eigenvalue weighted by atomic mass is 9.72. The van der Waals surface area contributed by atoms with E-state index in [9.17, 15) is 9.59 Å². The largest absolute Gasteiger partial charge is 0.377 e. The van der Waals surface area contributed by atoms with Gasteiger partial charge in [0.25, 0.3) is 0 Å². The Bertz CT molecular complexity index is 763. The van der Waals surface area contributed by atoms with Gasteiger partial charge < -0.3 is 14.5 Å². The van der Waals surface area contributed by atoms with Crippen LogP contribution in [-0.4, -0.2) is 78.5 Å². The third-order valence-electron chi connectivity index (χ3n) is 7.38. The second kappa shape index (κ2) is 10.8. The summed E-state index contributed by atoms with van der Waals surface area (Å²) in [5.41, 5.74) is 0.710. The Balaban J connectivity index is 1.46. The number of piperidine rings is 2. The van der Waals surface area contributed by atoms with Crippen LogP contribution in [0, 0.1) is 5.41 Å². The predicted octanol–water partition coefficient (Wildman–Crippen LogP) is 3.31. The third kappa shape index (κ3) is 5.52. The van der Waals surface area contributed by atoms with Gasteiger partial charge in [0, 0.05) is 39.3 Å². The van der Waals surface area contributed by atoms with E-state index in [4.69, 9.17) is 4.74 Å². The Morgan fingerprint density at radius 2 is 1.81 bits per heavy atom. The molecule has 2 atom stereocenters. The van der Waals surface area contributed by atoms with E-state index in [1.165, 1.54) is 12.8 Å². The summed E-state index contributed by atoms with van der Waals surface area (Å²) in [6.07, 6.45) is 7.33. The molecular weight excluding hydrogens is 402 g/mol. The maximum Gasteiger partial charge on any atom is 0.236 e. The van der Waals surface area contributed by atoms with Crippen LogP contribution in [0.25, 0.3) is 0 Å². The van der Waals surface area contributed by atoms with Crippen molar-refractivity contribution in [1.82, 2.24) is 14.7 Å². The summed E-state index contributed by atoms with van der Waals surface area (Å²) in [4.78, 5) is 33.1. The van der Waals surface area contributed by atoms with Crippen LogP contribution in [0.15, 0.2) is 30.3 Å².